The van der Waals surface area contributed by atoms with E-state index in [1.54, 1.807) is 7.11 Å². The van der Waals surface area contributed by atoms with Crippen molar-refractivity contribution in [3.63, 3.8) is 0 Å². The van der Waals surface area contributed by atoms with Crippen molar-refractivity contribution in [1.29, 1.82) is 0 Å². The molecule has 2 aromatic carbocycles. The van der Waals surface area contributed by atoms with Crippen molar-refractivity contribution in [2.24, 2.45) is 7.05 Å². The minimum atomic E-state index is -0.204. The molecule has 186 valence electrons. The maximum Gasteiger partial charge on any atom is 0.279 e. The molecule has 0 radical (unpaired) electrons. The first-order valence-electron chi connectivity index (χ1n) is 12.3. The molecule has 0 atom stereocenters. The Hall–Kier alpha value is -3.91. The lowest BCUT2D eigenvalue weighted by atomic mass is 10.1. The number of nitrogens with one attached hydrogen (secondary N) is 1. The zero-order valence-electron chi connectivity index (χ0n) is 20.7. The monoisotopic (exact) mass is 485 g/mol. The fourth-order valence-electron chi connectivity index (χ4n) is 4.96. The average molecular weight is 486 g/mol. The van der Waals surface area contributed by atoms with Gasteiger partial charge in [-0.2, -0.15) is 9.61 Å². The Morgan fingerprint density at radius 3 is 2.61 bits per heavy atom. The largest absolute Gasteiger partial charge is 0.497 e. The first-order valence-corrected chi connectivity index (χ1v) is 12.3. The van der Waals surface area contributed by atoms with Crippen molar-refractivity contribution in [3.8, 4) is 5.75 Å². The number of aryl methyl sites for hydroxylation is 2. The van der Waals surface area contributed by atoms with Crippen LogP contribution >= 0.6 is 0 Å². The highest BCUT2D eigenvalue weighted by molar-refractivity contribution is 5.99. The van der Waals surface area contributed by atoms with Gasteiger partial charge in [-0.3, -0.25) is 14.5 Å². The molecule has 8 nitrogen and oxygen atoms in total. The summed E-state index contributed by atoms with van der Waals surface area (Å²) in [6, 6.07) is 18.2. The highest BCUT2D eigenvalue weighted by Crippen LogP contribution is 2.22. The number of aromatic nitrogens is 3. The second-order valence-electron chi connectivity index (χ2n) is 9.24. The maximum absolute atomic E-state index is 13.4. The molecular formula is C28H31N5O3. The predicted molar refractivity (Wildman–Crippen MR) is 138 cm³/mol. The van der Waals surface area contributed by atoms with E-state index in [0.717, 1.165) is 49.4 Å². The van der Waals surface area contributed by atoms with E-state index < -0.39 is 0 Å². The van der Waals surface area contributed by atoms with E-state index in [1.807, 2.05) is 54.1 Å². The Balaban J connectivity index is 1.30. The second-order valence-corrected chi connectivity index (χ2v) is 9.24. The van der Waals surface area contributed by atoms with Gasteiger partial charge in [0.1, 0.15) is 11.3 Å². The van der Waals surface area contributed by atoms with Crippen LogP contribution in [0.15, 0.2) is 65.6 Å². The Labute approximate surface area is 210 Å². The maximum atomic E-state index is 13.4. The highest BCUT2D eigenvalue weighted by Gasteiger charge is 2.26. The Morgan fingerprint density at radius 2 is 1.86 bits per heavy atom. The number of hydrogen-bond acceptors (Lipinski definition) is 5. The molecule has 0 bridgehead atoms. The van der Waals surface area contributed by atoms with Crippen LogP contribution in [0.25, 0.3) is 5.65 Å². The molecule has 2 aromatic heterocycles. The van der Waals surface area contributed by atoms with Crippen LogP contribution in [0.3, 0.4) is 0 Å². The topological polar surface area (TPSA) is 80.9 Å². The molecular weight excluding hydrogens is 454 g/mol. The molecule has 1 N–H and O–H groups in total. The fraction of sp³-hybridized carbons (Fsp3) is 0.321. The van der Waals surface area contributed by atoms with Gasteiger partial charge in [-0.1, -0.05) is 42.5 Å². The summed E-state index contributed by atoms with van der Waals surface area (Å²) in [7, 11) is 3.57. The van der Waals surface area contributed by atoms with E-state index in [2.05, 4.69) is 27.4 Å². The number of amides is 1. The third kappa shape index (κ3) is 4.77. The van der Waals surface area contributed by atoms with Gasteiger partial charge < -0.3 is 14.6 Å². The number of carbonyl (C=O) groups excluding carboxylic acids is 1. The first kappa shape index (κ1) is 23.8. The van der Waals surface area contributed by atoms with Crippen LogP contribution < -0.4 is 15.6 Å². The van der Waals surface area contributed by atoms with Gasteiger partial charge in [0, 0.05) is 45.3 Å². The van der Waals surface area contributed by atoms with Gasteiger partial charge in [-0.05, 0) is 36.1 Å². The SMILES string of the molecule is COc1ccc(CN2CCc3c(c(=O)n4ncc(C(=O)NCCCc5ccccc5)c4n3C)C2)cc1. The van der Waals surface area contributed by atoms with Crippen LogP contribution in [0.5, 0.6) is 5.75 Å². The van der Waals surface area contributed by atoms with E-state index >= 15 is 0 Å². The molecule has 0 saturated carbocycles. The molecule has 1 aliphatic rings. The number of nitrogens with zero attached hydrogens (tertiary/aromatic N) is 4. The minimum Gasteiger partial charge on any atom is -0.497 e. The Kier molecular flexibility index (Phi) is 6.86. The van der Waals surface area contributed by atoms with Crippen molar-refractivity contribution in [2.45, 2.75) is 32.4 Å². The summed E-state index contributed by atoms with van der Waals surface area (Å²) in [4.78, 5) is 28.6. The smallest absolute Gasteiger partial charge is 0.279 e. The molecule has 4 aromatic rings. The molecule has 0 unspecified atom stereocenters. The predicted octanol–water partition coefficient (Wildman–Crippen LogP) is 2.96. The molecule has 0 spiro atoms. The summed E-state index contributed by atoms with van der Waals surface area (Å²) in [5.41, 5.74) is 4.95. The number of benzene rings is 2. The van der Waals surface area contributed by atoms with Gasteiger partial charge in [-0.15, -0.1) is 0 Å². The normalized spacial score (nSPS) is 13.5. The fourth-order valence-corrected chi connectivity index (χ4v) is 4.96. The number of methoxy groups -OCH3 is 1. The number of ether oxygens (including phenoxy) is 1. The molecule has 3 heterocycles. The highest BCUT2D eigenvalue weighted by atomic mass is 16.5. The summed E-state index contributed by atoms with van der Waals surface area (Å²) >= 11 is 0. The molecule has 5 rings (SSSR count). The minimum absolute atomic E-state index is 0.152. The molecule has 8 heteroatoms. The van der Waals surface area contributed by atoms with Gasteiger partial charge in [0.15, 0.2) is 5.65 Å². The molecule has 36 heavy (non-hydrogen) atoms. The summed E-state index contributed by atoms with van der Waals surface area (Å²) in [6.45, 7) is 2.69. The van der Waals surface area contributed by atoms with Crippen LogP contribution in [-0.2, 0) is 33.0 Å². The average Bonchev–Trinajstić information content (AvgIpc) is 3.37. The van der Waals surface area contributed by atoms with Crippen molar-refractivity contribution in [1.82, 2.24) is 24.4 Å². The molecule has 0 fully saturated rings. The van der Waals surface area contributed by atoms with Crippen LogP contribution in [0.4, 0.5) is 0 Å². The van der Waals surface area contributed by atoms with Crippen LogP contribution in [0, 0.1) is 0 Å². The van der Waals surface area contributed by atoms with Gasteiger partial charge in [0.05, 0.1) is 18.9 Å². The van der Waals surface area contributed by atoms with Crippen molar-refractivity contribution < 1.29 is 9.53 Å². The molecule has 0 saturated heterocycles. The molecule has 1 aliphatic heterocycles. The van der Waals surface area contributed by atoms with Crippen molar-refractivity contribution in [2.75, 3.05) is 20.2 Å². The van der Waals surface area contributed by atoms with E-state index in [9.17, 15) is 9.59 Å². The van der Waals surface area contributed by atoms with Crippen molar-refractivity contribution in [3.05, 3.63) is 99.1 Å². The Morgan fingerprint density at radius 1 is 1.08 bits per heavy atom. The lowest BCUT2D eigenvalue weighted by Gasteiger charge is -2.30. The van der Waals surface area contributed by atoms with Gasteiger partial charge in [0.2, 0.25) is 0 Å². The third-order valence-electron chi connectivity index (χ3n) is 6.89. The van der Waals surface area contributed by atoms with E-state index in [4.69, 9.17) is 4.74 Å². The van der Waals surface area contributed by atoms with Gasteiger partial charge >= 0.3 is 0 Å². The van der Waals surface area contributed by atoms with Crippen molar-refractivity contribution >= 4 is 11.6 Å². The zero-order chi connectivity index (χ0) is 25.1. The summed E-state index contributed by atoms with van der Waals surface area (Å²) in [5.74, 6) is 0.624. The molecule has 1 amide bonds. The Bertz CT molecular complexity index is 1420. The standard InChI is InChI=1S/C28H31N5O3/c1-31-25-14-16-32(18-21-10-12-22(36-2)13-11-21)19-24(25)28(35)33-27(31)23(17-30-33)26(34)29-15-6-9-20-7-4-3-5-8-20/h3-5,7-8,10-13,17H,6,9,14-16,18-19H2,1-2H3,(H,29,34). The summed E-state index contributed by atoms with van der Waals surface area (Å²) < 4.78 is 8.58. The van der Waals surface area contributed by atoms with Gasteiger partial charge in [-0.25, -0.2) is 0 Å². The first-order chi connectivity index (χ1) is 17.5. The van der Waals surface area contributed by atoms with Crippen LogP contribution in [0.1, 0.15) is 39.2 Å². The number of hydrogen-bond donors (Lipinski definition) is 1. The van der Waals surface area contributed by atoms with Crippen LogP contribution in [-0.4, -0.2) is 45.2 Å². The zero-order valence-corrected chi connectivity index (χ0v) is 20.7. The number of carbonyl (C=O) groups is 1. The molecule has 0 aliphatic carbocycles. The lowest BCUT2D eigenvalue weighted by molar-refractivity contribution is 0.0954. The quantitative estimate of drug-likeness (QED) is 0.388. The number of fused-ring (bicyclic) bond motifs is 2. The van der Waals surface area contributed by atoms with E-state index in [0.29, 0.717) is 24.3 Å². The van der Waals surface area contributed by atoms with Crippen LogP contribution in [0.2, 0.25) is 0 Å². The third-order valence-corrected chi connectivity index (χ3v) is 6.89. The van der Waals surface area contributed by atoms with E-state index in [-0.39, 0.29) is 11.5 Å². The number of rotatable bonds is 8. The van der Waals surface area contributed by atoms with E-state index in [1.165, 1.54) is 21.8 Å². The lowest BCUT2D eigenvalue weighted by Crippen LogP contribution is -2.38. The van der Waals surface area contributed by atoms with Gasteiger partial charge in [0.25, 0.3) is 11.5 Å². The summed E-state index contributed by atoms with van der Waals surface area (Å²) in [6.07, 6.45) is 3.98. The second kappa shape index (κ2) is 10.4. The summed E-state index contributed by atoms with van der Waals surface area (Å²) in [5, 5.41) is 7.29.